The van der Waals surface area contributed by atoms with Crippen LogP contribution in [0.2, 0.25) is 10.0 Å². The van der Waals surface area contributed by atoms with Crippen LogP contribution in [-0.4, -0.2) is 37.9 Å². The maximum Gasteiger partial charge on any atom is 0.252 e. The molecule has 2 amide bonds. The third-order valence-electron chi connectivity index (χ3n) is 4.24. The van der Waals surface area contributed by atoms with Crippen molar-refractivity contribution in [3.05, 3.63) is 51.5 Å². The Kier molecular flexibility index (Phi) is 6.11. The van der Waals surface area contributed by atoms with Crippen LogP contribution in [0, 0.1) is 13.8 Å². The van der Waals surface area contributed by atoms with Crippen LogP contribution >= 0.6 is 23.2 Å². The van der Waals surface area contributed by atoms with Crippen LogP contribution < -0.4 is 10.6 Å². The zero-order valence-corrected chi connectivity index (χ0v) is 16.8. The highest BCUT2D eigenvalue weighted by molar-refractivity contribution is 6.35. The van der Waals surface area contributed by atoms with Gasteiger partial charge in [0.05, 0.1) is 17.3 Å². The first-order valence-electron chi connectivity index (χ1n) is 8.52. The second-order valence-corrected chi connectivity index (χ2v) is 7.03. The average molecular weight is 421 g/mol. The molecule has 0 spiro atoms. The molecule has 0 aliphatic rings. The zero-order chi connectivity index (χ0) is 20.3. The molecule has 8 nitrogen and oxygen atoms in total. The Morgan fingerprint density at radius 3 is 2.75 bits per heavy atom. The minimum absolute atomic E-state index is 0.167. The maximum absolute atomic E-state index is 12.1. The number of fused-ring (bicyclic) bond motifs is 1. The number of hydrogen-bond acceptors (Lipinski definition) is 5. The molecule has 0 fully saturated rings. The molecule has 0 aliphatic carbocycles. The summed E-state index contributed by atoms with van der Waals surface area (Å²) in [5.41, 5.74) is 3.02. The first kappa shape index (κ1) is 20.0. The van der Waals surface area contributed by atoms with Crippen molar-refractivity contribution >= 4 is 46.5 Å². The number of nitrogens with zero attached hydrogens (tertiary/aromatic N) is 4. The van der Waals surface area contributed by atoms with E-state index in [1.807, 2.05) is 13.8 Å². The topological polar surface area (TPSA) is 101 Å². The van der Waals surface area contributed by atoms with Gasteiger partial charge in [0.25, 0.3) is 5.78 Å². The van der Waals surface area contributed by atoms with Crippen LogP contribution in [-0.2, 0) is 16.0 Å². The van der Waals surface area contributed by atoms with E-state index >= 15 is 0 Å². The normalized spacial score (nSPS) is 10.9. The van der Waals surface area contributed by atoms with E-state index in [4.69, 9.17) is 23.2 Å². The van der Waals surface area contributed by atoms with Crippen molar-refractivity contribution in [2.45, 2.75) is 26.7 Å². The summed E-state index contributed by atoms with van der Waals surface area (Å²) in [7, 11) is 0. The average Bonchev–Trinajstić information content (AvgIpc) is 3.11. The third-order valence-corrected chi connectivity index (χ3v) is 4.80. The number of aromatic nitrogens is 4. The van der Waals surface area contributed by atoms with Crippen LogP contribution in [0.4, 0.5) is 5.69 Å². The van der Waals surface area contributed by atoms with Crippen LogP contribution in [0.15, 0.2) is 24.5 Å². The van der Waals surface area contributed by atoms with Gasteiger partial charge in [-0.15, -0.1) is 0 Å². The number of aryl methyl sites for hydroxylation is 2. The number of carbonyl (C=O) groups is 2. The second-order valence-electron chi connectivity index (χ2n) is 6.18. The quantitative estimate of drug-likeness (QED) is 0.638. The molecule has 2 heterocycles. The highest BCUT2D eigenvalue weighted by Crippen LogP contribution is 2.25. The summed E-state index contributed by atoms with van der Waals surface area (Å²) in [4.78, 5) is 32.6. The van der Waals surface area contributed by atoms with Gasteiger partial charge in [0.1, 0.15) is 6.33 Å². The predicted molar refractivity (Wildman–Crippen MR) is 107 cm³/mol. The van der Waals surface area contributed by atoms with Crippen LogP contribution in [0.25, 0.3) is 5.78 Å². The molecular formula is C18H18Cl2N6O2. The van der Waals surface area contributed by atoms with Crippen LogP contribution in [0.5, 0.6) is 0 Å². The summed E-state index contributed by atoms with van der Waals surface area (Å²) in [6.45, 7) is 3.61. The minimum atomic E-state index is -0.393. The first-order chi connectivity index (χ1) is 13.3. The van der Waals surface area contributed by atoms with Gasteiger partial charge in [-0.3, -0.25) is 9.59 Å². The smallest absolute Gasteiger partial charge is 0.252 e. The summed E-state index contributed by atoms with van der Waals surface area (Å²) in [5.74, 6) is -0.111. The Morgan fingerprint density at radius 2 is 1.96 bits per heavy atom. The van der Waals surface area contributed by atoms with Gasteiger partial charge in [0.2, 0.25) is 11.8 Å². The molecule has 2 aromatic heterocycles. The van der Waals surface area contributed by atoms with Gasteiger partial charge in [-0.2, -0.15) is 10.1 Å². The maximum atomic E-state index is 12.1. The number of halogens is 2. The Bertz CT molecular complexity index is 1050. The van der Waals surface area contributed by atoms with Crippen molar-refractivity contribution in [1.82, 2.24) is 24.9 Å². The monoisotopic (exact) mass is 420 g/mol. The summed E-state index contributed by atoms with van der Waals surface area (Å²) >= 11 is 11.9. The SMILES string of the molecule is Cc1nc2ncnn2c(C)c1CCC(=O)NCC(=O)Nc1cc(Cl)ccc1Cl. The molecule has 0 saturated carbocycles. The zero-order valence-electron chi connectivity index (χ0n) is 15.3. The van der Waals surface area contributed by atoms with Gasteiger partial charge in [-0.05, 0) is 44.0 Å². The number of rotatable bonds is 6. The highest BCUT2D eigenvalue weighted by atomic mass is 35.5. The lowest BCUT2D eigenvalue weighted by Gasteiger charge is -2.11. The Hall–Kier alpha value is -2.71. The molecule has 0 unspecified atom stereocenters. The van der Waals surface area contributed by atoms with Gasteiger partial charge < -0.3 is 10.6 Å². The molecule has 3 aromatic rings. The lowest BCUT2D eigenvalue weighted by molar-refractivity contribution is -0.124. The number of benzene rings is 1. The Labute approximate surface area is 171 Å². The van der Waals surface area contributed by atoms with E-state index in [1.165, 1.54) is 6.33 Å². The van der Waals surface area contributed by atoms with Gasteiger partial charge in [-0.25, -0.2) is 9.50 Å². The van der Waals surface area contributed by atoms with E-state index in [1.54, 1.807) is 22.7 Å². The molecule has 3 rings (SSSR count). The van der Waals surface area contributed by atoms with Gasteiger partial charge in [0.15, 0.2) is 0 Å². The number of hydrogen-bond donors (Lipinski definition) is 2. The molecule has 1 aromatic carbocycles. The van der Waals surface area contributed by atoms with Gasteiger partial charge in [-0.1, -0.05) is 23.2 Å². The largest absolute Gasteiger partial charge is 0.347 e. The fourth-order valence-electron chi connectivity index (χ4n) is 2.81. The Morgan fingerprint density at radius 1 is 1.18 bits per heavy atom. The Balaban J connectivity index is 1.53. The van der Waals surface area contributed by atoms with Gasteiger partial charge in [0, 0.05) is 22.8 Å². The number of amides is 2. The number of nitrogens with one attached hydrogen (secondary N) is 2. The molecule has 0 bridgehead atoms. The fraction of sp³-hybridized carbons (Fsp3) is 0.278. The van der Waals surface area contributed by atoms with E-state index in [0.717, 1.165) is 17.0 Å². The van der Waals surface area contributed by atoms with E-state index in [9.17, 15) is 9.59 Å². The van der Waals surface area contributed by atoms with Crippen molar-refractivity contribution in [1.29, 1.82) is 0 Å². The molecule has 0 saturated heterocycles. The van der Waals surface area contributed by atoms with Crippen LogP contribution in [0.1, 0.15) is 23.4 Å². The molecule has 0 radical (unpaired) electrons. The van der Waals surface area contributed by atoms with Crippen molar-refractivity contribution in [3.63, 3.8) is 0 Å². The van der Waals surface area contributed by atoms with Crippen LogP contribution in [0.3, 0.4) is 0 Å². The van der Waals surface area contributed by atoms with Crippen molar-refractivity contribution < 1.29 is 9.59 Å². The molecule has 0 aliphatic heterocycles. The lowest BCUT2D eigenvalue weighted by atomic mass is 10.1. The number of carbonyl (C=O) groups excluding carboxylic acids is 2. The fourth-order valence-corrected chi connectivity index (χ4v) is 3.15. The predicted octanol–water partition coefficient (Wildman–Crippen LogP) is 2.74. The van der Waals surface area contributed by atoms with Gasteiger partial charge >= 0.3 is 0 Å². The minimum Gasteiger partial charge on any atom is -0.347 e. The molecule has 146 valence electrons. The second kappa shape index (κ2) is 8.53. The van der Waals surface area contributed by atoms with Crippen molar-refractivity contribution in [2.24, 2.45) is 0 Å². The molecular weight excluding hydrogens is 403 g/mol. The standard InChI is InChI=1S/C18H18Cl2N6O2/c1-10-13(11(2)26-18(24-10)22-9-23-26)4-6-16(27)21-8-17(28)25-15-7-12(19)3-5-14(15)20/h3,5,7,9H,4,6,8H2,1-2H3,(H,21,27)(H,25,28). The third kappa shape index (κ3) is 4.58. The summed E-state index contributed by atoms with van der Waals surface area (Å²) < 4.78 is 1.64. The first-order valence-corrected chi connectivity index (χ1v) is 9.28. The molecule has 0 atom stereocenters. The number of anilines is 1. The summed E-state index contributed by atoms with van der Waals surface area (Å²) in [6, 6.07) is 4.75. The van der Waals surface area contributed by atoms with E-state index < -0.39 is 5.91 Å². The van der Waals surface area contributed by atoms with Crippen molar-refractivity contribution in [3.8, 4) is 0 Å². The molecule has 28 heavy (non-hydrogen) atoms. The van der Waals surface area contributed by atoms with Crippen molar-refractivity contribution in [2.75, 3.05) is 11.9 Å². The lowest BCUT2D eigenvalue weighted by Crippen LogP contribution is -2.33. The van der Waals surface area contributed by atoms with E-state index in [-0.39, 0.29) is 18.9 Å². The van der Waals surface area contributed by atoms with E-state index in [2.05, 4.69) is 25.7 Å². The molecule has 10 heteroatoms. The summed E-state index contributed by atoms with van der Waals surface area (Å²) in [5, 5.41) is 10.2. The highest BCUT2D eigenvalue weighted by Gasteiger charge is 2.13. The molecule has 2 N–H and O–H groups in total. The summed E-state index contributed by atoms with van der Waals surface area (Å²) in [6.07, 6.45) is 2.14. The van der Waals surface area contributed by atoms with E-state index in [0.29, 0.717) is 27.9 Å².